The fourth-order valence-corrected chi connectivity index (χ4v) is 2.81. The van der Waals surface area contributed by atoms with E-state index < -0.39 is 11.9 Å². The molecular formula is C19H20FN5O2. The van der Waals surface area contributed by atoms with E-state index in [1.807, 2.05) is 6.07 Å². The molecule has 27 heavy (non-hydrogen) atoms. The minimum absolute atomic E-state index is 0.0808. The Balaban J connectivity index is 1.66. The van der Waals surface area contributed by atoms with Crippen LogP contribution in [0.1, 0.15) is 36.1 Å². The van der Waals surface area contributed by atoms with Gasteiger partial charge in [-0.3, -0.25) is 0 Å². The molecule has 4 rings (SSSR count). The van der Waals surface area contributed by atoms with Gasteiger partial charge in [0.1, 0.15) is 11.6 Å². The topological polar surface area (TPSA) is 99.1 Å². The monoisotopic (exact) mass is 369 g/mol. The summed E-state index contributed by atoms with van der Waals surface area (Å²) in [5, 5.41) is 14.2. The average Bonchev–Trinajstić information content (AvgIpc) is 3.46. The molecule has 0 unspecified atom stereocenters. The highest BCUT2D eigenvalue weighted by molar-refractivity contribution is 5.64. The zero-order valence-electron chi connectivity index (χ0n) is 14.8. The van der Waals surface area contributed by atoms with Crippen molar-refractivity contribution < 1.29 is 14.2 Å². The number of hydrogen-bond acceptors (Lipinski definition) is 6. The second-order valence-electron chi connectivity index (χ2n) is 6.64. The lowest BCUT2D eigenvalue weighted by Gasteiger charge is -2.11. The first-order chi connectivity index (χ1) is 13.0. The molecule has 0 saturated heterocycles. The Hall–Kier alpha value is -2.84. The highest BCUT2D eigenvalue weighted by atomic mass is 19.1. The SMILES string of the molecule is Cn1nc(C2CC2)cc1Oc1cc(F)ccc1-c1ncc([C@H](O)CN)cn1. The molecule has 0 spiro atoms. The minimum atomic E-state index is -0.821. The first kappa shape index (κ1) is 17.6. The van der Waals surface area contributed by atoms with Crippen molar-refractivity contribution in [2.24, 2.45) is 12.8 Å². The van der Waals surface area contributed by atoms with Crippen LogP contribution < -0.4 is 10.5 Å². The summed E-state index contributed by atoms with van der Waals surface area (Å²) in [6, 6.07) is 6.07. The quantitative estimate of drug-likeness (QED) is 0.693. The van der Waals surface area contributed by atoms with Crippen molar-refractivity contribution in [1.29, 1.82) is 0 Å². The summed E-state index contributed by atoms with van der Waals surface area (Å²) in [6.45, 7) is 0.0808. The van der Waals surface area contributed by atoms with Crippen LogP contribution in [0.15, 0.2) is 36.7 Å². The van der Waals surface area contributed by atoms with Crippen molar-refractivity contribution in [3.63, 3.8) is 0 Å². The van der Waals surface area contributed by atoms with E-state index in [1.165, 1.54) is 24.5 Å². The summed E-state index contributed by atoms with van der Waals surface area (Å²) in [7, 11) is 1.79. The minimum Gasteiger partial charge on any atom is -0.438 e. The predicted octanol–water partition coefficient (Wildman–Crippen LogP) is 2.68. The summed E-state index contributed by atoms with van der Waals surface area (Å²) in [4.78, 5) is 8.53. The van der Waals surface area contributed by atoms with Crippen molar-refractivity contribution in [2.75, 3.05) is 6.54 Å². The fraction of sp³-hybridized carbons (Fsp3) is 0.316. The van der Waals surface area contributed by atoms with Crippen LogP contribution in [0.2, 0.25) is 0 Å². The lowest BCUT2D eigenvalue weighted by molar-refractivity contribution is 0.186. The zero-order valence-corrected chi connectivity index (χ0v) is 14.8. The first-order valence-electron chi connectivity index (χ1n) is 8.77. The van der Waals surface area contributed by atoms with Gasteiger partial charge in [-0.2, -0.15) is 5.10 Å². The van der Waals surface area contributed by atoms with Gasteiger partial charge in [-0.25, -0.2) is 19.0 Å². The highest BCUT2D eigenvalue weighted by Crippen LogP contribution is 2.41. The summed E-state index contributed by atoms with van der Waals surface area (Å²) < 4.78 is 21.4. The third kappa shape index (κ3) is 3.67. The van der Waals surface area contributed by atoms with Crippen molar-refractivity contribution in [3.05, 3.63) is 53.7 Å². The lowest BCUT2D eigenvalue weighted by atomic mass is 10.1. The molecule has 1 aliphatic carbocycles. The van der Waals surface area contributed by atoms with Crippen molar-refractivity contribution in [3.8, 4) is 23.0 Å². The van der Waals surface area contributed by atoms with E-state index in [0.29, 0.717) is 34.5 Å². The van der Waals surface area contributed by atoms with Crippen molar-refractivity contribution in [2.45, 2.75) is 24.9 Å². The number of aryl methyl sites for hydroxylation is 1. The van der Waals surface area contributed by atoms with Gasteiger partial charge in [-0.15, -0.1) is 0 Å². The molecule has 8 heteroatoms. The molecule has 3 N–H and O–H groups in total. The van der Waals surface area contributed by atoms with Crippen LogP contribution in [0.3, 0.4) is 0 Å². The summed E-state index contributed by atoms with van der Waals surface area (Å²) >= 11 is 0. The molecule has 140 valence electrons. The third-order valence-electron chi connectivity index (χ3n) is 4.53. The molecule has 1 aliphatic rings. The number of aromatic nitrogens is 4. The smallest absolute Gasteiger partial charge is 0.217 e. The average molecular weight is 369 g/mol. The Bertz CT molecular complexity index is 953. The number of benzene rings is 1. The van der Waals surface area contributed by atoms with Crippen LogP contribution in [0, 0.1) is 5.82 Å². The largest absolute Gasteiger partial charge is 0.438 e. The predicted molar refractivity (Wildman–Crippen MR) is 96.7 cm³/mol. The number of ether oxygens (including phenoxy) is 1. The van der Waals surface area contributed by atoms with E-state index in [-0.39, 0.29) is 6.54 Å². The van der Waals surface area contributed by atoms with Gasteiger partial charge in [-0.1, -0.05) is 0 Å². The lowest BCUT2D eigenvalue weighted by Crippen LogP contribution is -2.12. The molecule has 7 nitrogen and oxygen atoms in total. The molecule has 1 fully saturated rings. The van der Waals surface area contributed by atoms with E-state index in [2.05, 4.69) is 15.1 Å². The maximum Gasteiger partial charge on any atom is 0.217 e. The van der Waals surface area contributed by atoms with Crippen LogP contribution in [-0.2, 0) is 7.05 Å². The Morgan fingerprint density at radius 1 is 1.30 bits per heavy atom. The van der Waals surface area contributed by atoms with Crippen LogP contribution >= 0.6 is 0 Å². The first-order valence-corrected chi connectivity index (χ1v) is 8.77. The third-order valence-corrected chi connectivity index (χ3v) is 4.53. The molecule has 2 aromatic heterocycles. The maximum atomic E-state index is 13.8. The number of aliphatic hydroxyl groups excluding tert-OH is 1. The van der Waals surface area contributed by atoms with Crippen molar-refractivity contribution in [1.82, 2.24) is 19.7 Å². The second kappa shape index (κ2) is 7.05. The van der Waals surface area contributed by atoms with E-state index in [4.69, 9.17) is 10.5 Å². The van der Waals surface area contributed by atoms with Gasteiger partial charge in [-0.05, 0) is 25.0 Å². The number of aliphatic hydroxyl groups is 1. The van der Waals surface area contributed by atoms with Gasteiger partial charge in [0.2, 0.25) is 5.88 Å². The molecule has 0 amide bonds. The zero-order chi connectivity index (χ0) is 19.0. The molecule has 1 saturated carbocycles. The van der Waals surface area contributed by atoms with Crippen LogP contribution in [0.4, 0.5) is 4.39 Å². The van der Waals surface area contributed by atoms with Gasteiger partial charge in [0, 0.05) is 49.6 Å². The summed E-state index contributed by atoms with van der Waals surface area (Å²) in [5.41, 5.74) is 7.50. The van der Waals surface area contributed by atoms with Crippen LogP contribution in [0.5, 0.6) is 11.6 Å². The van der Waals surface area contributed by atoms with Gasteiger partial charge >= 0.3 is 0 Å². The molecule has 2 heterocycles. The normalized spacial score (nSPS) is 15.0. The maximum absolute atomic E-state index is 13.8. The van der Waals surface area contributed by atoms with E-state index >= 15 is 0 Å². The van der Waals surface area contributed by atoms with E-state index in [9.17, 15) is 9.50 Å². The standard InChI is InChI=1S/C19H20FN5O2/c1-25-18(7-15(24-25)11-2-3-11)27-17-6-13(20)4-5-14(17)19-22-9-12(10-23-19)16(26)8-21/h4-7,9-11,16,26H,2-3,8,21H2,1H3/t16-/m1/s1. The Kier molecular flexibility index (Phi) is 4.59. The summed E-state index contributed by atoms with van der Waals surface area (Å²) in [6.07, 6.45) is 4.45. The summed E-state index contributed by atoms with van der Waals surface area (Å²) in [5.74, 6) is 1.26. The number of nitrogens with two attached hydrogens (primary N) is 1. The van der Waals surface area contributed by atoms with Gasteiger partial charge in [0.05, 0.1) is 17.4 Å². The van der Waals surface area contributed by atoms with Gasteiger partial charge in [0.15, 0.2) is 5.82 Å². The number of halogens is 1. The number of hydrogen-bond donors (Lipinski definition) is 2. The number of nitrogens with zero attached hydrogens (tertiary/aromatic N) is 4. The fourth-order valence-electron chi connectivity index (χ4n) is 2.81. The second-order valence-corrected chi connectivity index (χ2v) is 6.64. The molecule has 3 aromatic rings. The number of rotatable bonds is 6. The van der Waals surface area contributed by atoms with Crippen LogP contribution in [0.25, 0.3) is 11.4 Å². The molecule has 1 atom stereocenters. The van der Waals surface area contributed by atoms with Crippen LogP contribution in [-0.4, -0.2) is 31.4 Å². The van der Waals surface area contributed by atoms with E-state index in [0.717, 1.165) is 18.5 Å². The Labute approximate surface area is 155 Å². The van der Waals surface area contributed by atoms with Gasteiger partial charge in [0.25, 0.3) is 0 Å². The highest BCUT2D eigenvalue weighted by Gasteiger charge is 2.27. The molecule has 0 bridgehead atoms. The Morgan fingerprint density at radius 3 is 2.70 bits per heavy atom. The van der Waals surface area contributed by atoms with Gasteiger partial charge < -0.3 is 15.6 Å². The molecular weight excluding hydrogens is 349 g/mol. The molecule has 1 aromatic carbocycles. The Morgan fingerprint density at radius 2 is 2.04 bits per heavy atom. The molecule has 0 radical (unpaired) electrons. The molecule has 0 aliphatic heterocycles. The van der Waals surface area contributed by atoms with Crippen molar-refractivity contribution >= 4 is 0 Å². The van der Waals surface area contributed by atoms with E-state index in [1.54, 1.807) is 17.8 Å².